The van der Waals surface area contributed by atoms with Gasteiger partial charge in [0.15, 0.2) is 10.3 Å². The van der Waals surface area contributed by atoms with Gasteiger partial charge in [0.25, 0.3) is 0 Å². The molecular weight excluding hydrogens is 197 g/mol. The summed E-state index contributed by atoms with van der Waals surface area (Å²) in [6.45, 7) is 0. The molecule has 0 unspecified atom stereocenters. The molecule has 0 fully saturated rings. The summed E-state index contributed by atoms with van der Waals surface area (Å²) in [5.41, 5.74) is 0.583. The van der Waals surface area contributed by atoms with Crippen molar-refractivity contribution in [1.29, 1.82) is 0 Å². The molecule has 0 aliphatic rings. The highest BCUT2D eigenvalue weighted by atomic mass is 35.5. The van der Waals surface area contributed by atoms with Crippen LogP contribution in [0.4, 0.5) is 0 Å². The Hall–Kier alpha value is -0.930. The van der Waals surface area contributed by atoms with E-state index in [-0.39, 0.29) is 5.15 Å². The maximum atomic E-state index is 5.76. The van der Waals surface area contributed by atoms with Gasteiger partial charge in [0.05, 0.1) is 0 Å². The molecule has 2 aromatic rings. The molecule has 2 aromatic heterocycles. The van der Waals surface area contributed by atoms with Crippen LogP contribution in [0.2, 0.25) is 10.3 Å². The van der Waals surface area contributed by atoms with Crippen molar-refractivity contribution < 1.29 is 0 Å². The highest BCUT2D eigenvalue weighted by Crippen LogP contribution is 2.22. The van der Waals surface area contributed by atoms with Crippen molar-refractivity contribution in [3.63, 3.8) is 0 Å². The van der Waals surface area contributed by atoms with Crippen LogP contribution in [-0.4, -0.2) is 15.2 Å². The Balaban J connectivity index is 2.95. The number of halogens is 2. The van der Waals surface area contributed by atoms with Gasteiger partial charge in [0.2, 0.25) is 0 Å². The molecule has 0 spiro atoms. The zero-order valence-corrected chi connectivity index (χ0v) is 7.34. The molecule has 0 aliphatic carbocycles. The fourth-order valence-corrected chi connectivity index (χ4v) is 1.30. The molecule has 0 atom stereocenters. The van der Waals surface area contributed by atoms with Crippen molar-refractivity contribution in [2.24, 2.45) is 0 Å². The Morgan fingerprint density at radius 3 is 2.58 bits per heavy atom. The van der Waals surface area contributed by atoms with Gasteiger partial charge < -0.3 is 0 Å². The number of rotatable bonds is 0. The van der Waals surface area contributed by atoms with Crippen molar-refractivity contribution in [2.75, 3.05) is 0 Å². The topological polar surface area (TPSA) is 38.7 Å². The summed E-state index contributed by atoms with van der Waals surface area (Å²) in [4.78, 5) is 4.02. The maximum Gasteiger partial charge on any atom is 0.178 e. The number of hydrogen-bond acceptors (Lipinski definition) is 3. The fraction of sp³-hybridized carbons (Fsp3) is 0. The average Bonchev–Trinajstić information content (AvgIpc) is 2.12. The quantitative estimate of drug-likeness (QED) is 0.654. The van der Waals surface area contributed by atoms with Gasteiger partial charge in [-0.05, 0) is 12.1 Å². The van der Waals surface area contributed by atoms with Gasteiger partial charge in [-0.25, -0.2) is 0 Å². The first-order chi connectivity index (χ1) is 5.79. The van der Waals surface area contributed by atoms with Gasteiger partial charge in [0, 0.05) is 11.6 Å². The highest BCUT2D eigenvalue weighted by Gasteiger charge is 2.05. The summed E-state index contributed by atoms with van der Waals surface area (Å²) in [5, 5.41) is 8.59. The molecule has 5 heteroatoms. The van der Waals surface area contributed by atoms with Crippen molar-refractivity contribution in [2.45, 2.75) is 0 Å². The normalized spacial score (nSPS) is 10.5. The van der Waals surface area contributed by atoms with E-state index in [1.165, 1.54) is 0 Å². The Bertz CT molecular complexity index is 389. The first-order valence-electron chi connectivity index (χ1n) is 3.21. The van der Waals surface area contributed by atoms with Crippen LogP contribution < -0.4 is 0 Å². The average molecular weight is 200 g/mol. The molecule has 0 saturated carbocycles. The van der Waals surface area contributed by atoms with Gasteiger partial charge in [-0.3, -0.25) is 4.98 Å². The summed E-state index contributed by atoms with van der Waals surface area (Å²) < 4.78 is 0. The van der Waals surface area contributed by atoms with Crippen LogP contribution in [0.5, 0.6) is 0 Å². The van der Waals surface area contributed by atoms with E-state index in [0.717, 1.165) is 5.39 Å². The molecule has 3 nitrogen and oxygen atoms in total. The zero-order valence-electron chi connectivity index (χ0n) is 5.83. The summed E-state index contributed by atoms with van der Waals surface area (Å²) in [5.74, 6) is 0. The van der Waals surface area contributed by atoms with E-state index in [1.807, 2.05) is 0 Å². The summed E-state index contributed by atoms with van der Waals surface area (Å²) in [7, 11) is 0. The predicted octanol–water partition coefficient (Wildman–Crippen LogP) is 2.33. The van der Waals surface area contributed by atoms with E-state index in [0.29, 0.717) is 10.7 Å². The summed E-state index contributed by atoms with van der Waals surface area (Å²) >= 11 is 11.5. The van der Waals surface area contributed by atoms with Crippen LogP contribution in [-0.2, 0) is 0 Å². The van der Waals surface area contributed by atoms with E-state index in [9.17, 15) is 0 Å². The molecule has 0 aliphatic heterocycles. The van der Waals surface area contributed by atoms with Crippen LogP contribution in [0.25, 0.3) is 10.9 Å². The molecule has 0 radical (unpaired) electrons. The van der Waals surface area contributed by atoms with Crippen LogP contribution in [0.1, 0.15) is 0 Å². The van der Waals surface area contributed by atoms with E-state index in [2.05, 4.69) is 15.2 Å². The molecule has 0 N–H and O–H groups in total. The van der Waals surface area contributed by atoms with E-state index in [1.54, 1.807) is 18.3 Å². The molecule has 12 heavy (non-hydrogen) atoms. The lowest BCUT2D eigenvalue weighted by molar-refractivity contribution is 1.04. The predicted molar refractivity (Wildman–Crippen MR) is 47.4 cm³/mol. The van der Waals surface area contributed by atoms with Crippen molar-refractivity contribution >= 4 is 34.1 Å². The third kappa shape index (κ3) is 1.11. The lowest BCUT2D eigenvalue weighted by atomic mass is 10.3. The van der Waals surface area contributed by atoms with Crippen LogP contribution in [0, 0.1) is 0 Å². The largest absolute Gasteiger partial charge is 0.253 e. The minimum atomic E-state index is 0.273. The number of aromatic nitrogens is 3. The second-order valence-electron chi connectivity index (χ2n) is 2.18. The first kappa shape index (κ1) is 7.71. The standard InChI is InChI=1S/C7H3Cl2N3/c8-6-4-2-1-3-10-5(4)7(9)12-11-6/h1-3H. The van der Waals surface area contributed by atoms with Gasteiger partial charge in [-0.2, -0.15) is 0 Å². The minimum absolute atomic E-state index is 0.273. The van der Waals surface area contributed by atoms with E-state index >= 15 is 0 Å². The number of pyridine rings is 1. The lowest BCUT2D eigenvalue weighted by Gasteiger charge is -1.97. The van der Waals surface area contributed by atoms with Crippen molar-refractivity contribution in [3.05, 3.63) is 28.6 Å². The fourth-order valence-electron chi connectivity index (χ4n) is 0.925. The van der Waals surface area contributed by atoms with Crippen LogP contribution >= 0.6 is 23.2 Å². The van der Waals surface area contributed by atoms with E-state index in [4.69, 9.17) is 23.2 Å². The minimum Gasteiger partial charge on any atom is -0.253 e. The van der Waals surface area contributed by atoms with Gasteiger partial charge >= 0.3 is 0 Å². The Morgan fingerprint density at radius 2 is 1.83 bits per heavy atom. The molecular formula is C7H3Cl2N3. The van der Waals surface area contributed by atoms with Gasteiger partial charge in [-0.1, -0.05) is 23.2 Å². The second kappa shape index (κ2) is 2.84. The molecule has 2 heterocycles. The smallest absolute Gasteiger partial charge is 0.178 e. The molecule has 2 rings (SSSR count). The molecule has 0 aromatic carbocycles. The number of nitrogens with zero attached hydrogens (tertiary/aromatic N) is 3. The number of hydrogen-bond donors (Lipinski definition) is 0. The Morgan fingerprint density at radius 1 is 1.08 bits per heavy atom. The molecule has 0 saturated heterocycles. The van der Waals surface area contributed by atoms with Crippen LogP contribution in [0.3, 0.4) is 0 Å². The van der Waals surface area contributed by atoms with Crippen molar-refractivity contribution in [1.82, 2.24) is 15.2 Å². The monoisotopic (exact) mass is 199 g/mol. The van der Waals surface area contributed by atoms with Gasteiger partial charge in [-0.15, -0.1) is 10.2 Å². The second-order valence-corrected chi connectivity index (χ2v) is 2.90. The molecule has 60 valence electrons. The van der Waals surface area contributed by atoms with Gasteiger partial charge in [0.1, 0.15) is 5.52 Å². The number of fused-ring (bicyclic) bond motifs is 1. The Labute approximate surface area is 78.3 Å². The Kier molecular flexibility index (Phi) is 1.83. The zero-order chi connectivity index (χ0) is 8.55. The summed E-state index contributed by atoms with van der Waals surface area (Å²) in [6.07, 6.45) is 1.63. The summed E-state index contributed by atoms with van der Waals surface area (Å²) in [6, 6.07) is 3.57. The lowest BCUT2D eigenvalue weighted by Crippen LogP contribution is -1.88. The third-order valence-electron chi connectivity index (χ3n) is 1.45. The van der Waals surface area contributed by atoms with E-state index < -0.39 is 0 Å². The molecule has 0 amide bonds. The highest BCUT2D eigenvalue weighted by molar-refractivity contribution is 6.37. The van der Waals surface area contributed by atoms with Crippen molar-refractivity contribution in [3.8, 4) is 0 Å². The third-order valence-corrected chi connectivity index (χ3v) is 1.98. The van der Waals surface area contributed by atoms with Crippen LogP contribution in [0.15, 0.2) is 18.3 Å². The maximum absolute atomic E-state index is 5.76. The SMILES string of the molecule is Clc1nnc(Cl)c2ncccc12. The molecule has 0 bridgehead atoms. The first-order valence-corrected chi connectivity index (χ1v) is 3.97.